The van der Waals surface area contributed by atoms with Crippen molar-refractivity contribution in [2.75, 3.05) is 0 Å². The third-order valence-corrected chi connectivity index (χ3v) is 8.60. The Bertz CT molecular complexity index is 1820. The number of hydrogen-bond acceptors (Lipinski definition) is 7. The molecule has 1 aliphatic heterocycles. The summed E-state index contributed by atoms with van der Waals surface area (Å²) in [6, 6.07) is 8.04. The van der Waals surface area contributed by atoms with Crippen LogP contribution in [0.2, 0.25) is 0 Å². The molecule has 6 rings (SSSR count). The van der Waals surface area contributed by atoms with E-state index in [4.69, 9.17) is 9.72 Å². The van der Waals surface area contributed by atoms with Crippen LogP contribution in [0.5, 0.6) is 5.88 Å². The number of ether oxygens (including phenoxy) is 1. The lowest BCUT2D eigenvalue weighted by atomic mass is 9.92. The van der Waals surface area contributed by atoms with E-state index in [9.17, 15) is 27.9 Å². The summed E-state index contributed by atoms with van der Waals surface area (Å²) in [5, 5.41) is 14.1. The normalized spacial score (nSPS) is 19.8. The van der Waals surface area contributed by atoms with Gasteiger partial charge in [-0.05, 0) is 57.5 Å². The van der Waals surface area contributed by atoms with Crippen LogP contribution in [0.3, 0.4) is 0 Å². The van der Waals surface area contributed by atoms with Crippen LogP contribution in [0, 0.1) is 13.8 Å². The number of carbonyl (C=O) groups is 1. The minimum absolute atomic E-state index is 0.0760. The molecule has 4 aromatic rings. The lowest BCUT2D eigenvalue weighted by Gasteiger charge is -2.34. The predicted octanol–water partition coefficient (Wildman–Crippen LogP) is 4.70. The molecule has 1 fully saturated rings. The molecule has 0 bridgehead atoms. The van der Waals surface area contributed by atoms with Gasteiger partial charge in [0.1, 0.15) is 6.10 Å². The number of rotatable bonds is 5. The van der Waals surface area contributed by atoms with Crippen LogP contribution >= 0.6 is 15.9 Å². The lowest BCUT2D eigenvalue weighted by molar-refractivity contribution is -0.138. The van der Waals surface area contributed by atoms with Crippen LogP contribution < -0.4 is 10.3 Å². The van der Waals surface area contributed by atoms with Gasteiger partial charge in [-0.3, -0.25) is 9.59 Å². The molecule has 0 radical (unpaired) electrons. The minimum atomic E-state index is -4.64. The molecule has 230 valence electrons. The highest BCUT2D eigenvalue weighted by Gasteiger charge is 2.36. The maximum atomic E-state index is 14.1. The average Bonchev–Trinajstić information content (AvgIpc) is 3.29. The average molecular weight is 673 g/mol. The summed E-state index contributed by atoms with van der Waals surface area (Å²) in [5.41, 5.74) is 1.14. The number of aryl methyl sites for hydroxylation is 2. The Morgan fingerprint density at radius 3 is 2.50 bits per heavy atom. The van der Waals surface area contributed by atoms with Crippen LogP contribution in [-0.4, -0.2) is 58.5 Å². The second-order valence-electron chi connectivity index (χ2n) is 11.2. The number of aliphatic hydroxyl groups is 1. The van der Waals surface area contributed by atoms with Gasteiger partial charge >= 0.3 is 6.18 Å². The number of fused-ring (bicyclic) bond motifs is 1. The van der Waals surface area contributed by atoms with Gasteiger partial charge in [-0.1, -0.05) is 15.9 Å². The Morgan fingerprint density at radius 1 is 1.14 bits per heavy atom. The quantitative estimate of drug-likeness (QED) is 0.327. The molecule has 0 spiro atoms. The van der Waals surface area contributed by atoms with Crippen molar-refractivity contribution >= 4 is 21.8 Å². The summed E-state index contributed by atoms with van der Waals surface area (Å²) in [7, 11) is 0. The van der Waals surface area contributed by atoms with Gasteiger partial charge in [-0.25, -0.2) is 19.2 Å². The number of aromatic nitrogens is 5. The lowest BCUT2D eigenvalue weighted by Crippen LogP contribution is -2.46. The van der Waals surface area contributed by atoms with E-state index >= 15 is 0 Å². The Morgan fingerprint density at radius 2 is 1.89 bits per heavy atom. The van der Waals surface area contributed by atoms with E-state index in [-0.39, 0.29) is 46.7 Å². The van der Waals surface area contributed by atoms with Crippen molar-refractivity contribution < 1.29 is 27.8 Å². The minimum Gasteiger partial charge on any atom is -0.474 e. The summed E-state index contributed by atoms with van der Waals surface area (Å²) < 4.78 is 49.2. The molecule has 1 amide bonds. The van der Waals surface area contributed by atoms with E-state index in [2.05, 4.69) is 26.0 Å². The standard InChI is InChI=1S/C30H28BrF3N6O4/c1-15-8-17(3)40(37-15)29-36-25-14-38(27(42)18-4-6-24(31)23(10-18)30(32,33)34)16(2)9-22(25)28(43)39(29)19-5-7-26(35-13-19)44-21-11-20(41)12-21/h4-8,10,13,16,20-21,41H,9,11-12,14H2,1-3H3. The van der Waals surface area contributed by atoms with Crippen LogP contribution in [-0.2, 0) is 19.1 Å². The molecule has 1 aromatic carbocycles. The monoisotopic (exact) mass is 672 g/mol. The molecule has 2 aliphatic rings. The summed E-state index contributed by atoms with van der Waals surface area (Å²) in [6.45, 7) is 5.30. The summed E-state index contributed by atoms with van der Waals surface area (Å²) in [6.07, 6.45) is -2.43. The van der Waals surface area contributed by atoms with Crippen LogP contribution in [0.15, 0.2) is 51.9 Å². The number of nitrogens with zero attached hydrogens (tertiary/aromatic N) is 6. The smallest absolute Gasteiger partial charge is 0.417 e. The zero-order valence-corrected chi connectivity index (χ0v) is 25.6. The van der Waals surface area contributed by atoms with Crippen molar-refractivity contribution in [3.63, 3.8) is 0 Å². The van der Waals surface area contributed by atoms with E-state index in [0.717, 1.165) is 6.07 Å². The summed E-state index contributed by atoms with van der Waals surface area (Å²) >= 11 is 2.92. The maximum absolute atomic E-state index is 14.1. The fraction of sp³-hybridized carbons (Fsp3) is 0.367. The number of aliphatic hydroxyl groups excluding tert-OH is 1. The van der Waals surface area contributed by atoms with Crippen molar-refractivity contribution in [3.8, 4) is 17.5 Å². The van der Waals surface area contributed by atoms with Crippen molar-refractivity contribution in [3.05, 3.63) is 91.2 Å². The molecule has 10 nitrogen and oxygen atoms in total. The third-order valence-electron chi connectivity index (χ3n) is 7.91. The number of alkyl halides is 3. The molecule has 1 unspecified atom stereocenters. The molecule has 4 heterocycles. The maximum Gasteiger partial charge on any atom is 0.417 e. The molecular weight excluding hydrogens is 645 g/mol. The second-order valence-corrected chi connectivity index (χ2v) is 12.1. The van der Waals surface area contributed by atoms with Gasteiger partial charge < -0.3 is 14.7 Å². The number of pyridine rings is 1. The molecule has 44 heavy (non-hydrogen) atoms. The van der Waals surface area contributed by atoms with Crippen LogP contribution in [0.1, 0.15) is 58.3 Å². The third kappa shape index (κ3) is 5.52. The highest BCUT2D eigenvalue weighted by atomic mass is 79.9. The Kier molecular flexibility index (Phi) is 7.60. The van der Waals surface area contributed by atoms with Gasteiger partial charge in [-0.2, -0.15) is 18.3 Å². The van der Waals surface area contributed by atoms with Crippen LogP contribution in [0.25, 0.3) is 11.6 Å². The molecular formula is C30H28BrF3N6O4. The zero-order chi connectivity index (χ0) is 31.5. The Labute approximate surface area is 258 Å². The second kappa shape index (κ2) is 11.1. The number of halogens is 4. The number of benzene rings is 1. The topological polar surface area (TPSA) is 115 Å². The molecule has 1 N–H and O–H groups in total. The van der Waals surface area contributed by atoms with Gasteiger partial charge in [0.25, 0.3) is 11.5 Å². The fourth-order valence-corrected chi connectivity index (χ4v) is 6.02. The first kappa shape index (κ1) is 30.0. The summed E-state index contributed by atoms with van der Waals surface area (Å²) in [4.78, 5) is 38.3. The van der Waals surface area contributed by atoms with Crippen molar-refractivity contribution in [1.82, 2.24) is 29.2 Å². The van der Waals surface area contributed by atoms with Crippen LogP contribution in [0.4, 0.5) is 13.2 Å². The van der Waals surface area contributed by atoms with E-state index in [1.165, 1.54) is 32.5 Å². The van der Waals surface area contributed by atoms with Crippen molar-refractivity contribution in [2.45, 2.75) is 71.0 Å². The first-order valence-electron chi connectivity index (χ1n) is 14.0. The number of amides is 1. The molecule has 1 saturated carbocycles. The first-order chi connectivity index (χ1) is 20.8. The Balaban J connectivity index is 1.39. The highest BCUT2D eigenvalue weighted by Crippen LogP contribution is 2.36. The zero-order valence-electron chi connectivity index (χ0n) is 24.0. The van der Waals surface area contributed by atoms with Crippen molar-refractivity contribution in [2.24, 2.45) is 0 Å². The van der Waals surface area contributed by atoms with E-state index in [0.29, 0.717) is 47.1 Å². The molecule has 1 atom stereocenters. The van der Waals surface area contributed by atoms with Gasteiger partial charge in [0.2, 0.25) is 11.8 Å². The van der Waals surface area contributed by atoms with Gasteiger partial charge in [-0.15, -0.1) is 0 Å². The highest BCUT2D eigenvalue weighted by molar-refractivity contribution is 9.10. The largest absolute Gasteiger partial charge is 0.474 e. The Hall–Kier alpha value is -4.04. The number of hydrogen-bond donors (Lipinski definition) is 1. The van der Waals surface area contributed by atoms with Gasteiger partial charge in [0.15, 0.2) is 0 Å². The molecule has 0 saturated heterocycles. The number of carbonyl (C=O) groups excluding carboxylic acids is 1. The summed E-state index contributed by atoms with van der Waals surface area (Å²) in [5.74, 6) is -0.0536. The fourth-order valence-electron chi connectivity index (χ4n) is 5.54. The van der Waals surface area contributed by atoms with E-state index in [1.807, 2.05) is 19.9 Å². The van der Waals surface area contributed by atoms with Crippen molar-refractivity contribution in [1.29, 1.82) is 0 Å². The van der Waals surface area contributed by atoms with E-state index in [1.54, 1.807) is 19.1 Å². The molecule has 1 aliphatic carbocycles. The predicted molar refractivity (Wildman–Crippen MR) is 156 cm³/mol. The van der Waals surface area contributed by atoms with Gasteiger partial charge in [0, 0.05) is 46.2 Å². The van der Waals surface area contributed by atoms with Gasteiger partial charge in [0.05, 0.1) is 41.5 Å². The molecule has 3 aromatic heterocycles. The molecule has 14 heteroatoms. The SMILES string of the molecule is Cc1cc(C)n(-c2nc3c(c(=O)n2-c2ccc(OC4CC(O)C4)nc2)CC(C)N(C(=O)c2ccc(Br)c(C(F)(F)F)c2)C3)n1. The van der Waals surface area contributed by atoms with E-state index < -0.39 is 23.7 Å². The first-order valence-corrected chi connectivity index (χ1v) is 14.8.